The molecule has 0 fully saturated rings. The molecular formula is C19H20F3NO5. The van der Waals surface area contributed by atoms with Crippen LogP contribution in [0.1, 0.15) is 32.1 Å². The average molecular weight is 399 g/mol. The van der Waals surface area contributed by atoms with E-state index in [1.54, 1.807) is 12.1 Å². The number of Topliss-reactive ketones (excluding diaryl/α,β-unsaturated/α-hetero) is 1. The fraction of sp³-hybridized carbons (Fsp3) is 0.368. The van der Waals surface area contributed by atoms with E-state index in [2.05, 4.69) is 0 Å². The summed E-state index contributed by atoms with van der Waals surface area (Å²) in [5.74, 6) is -0.935. The van der Waals surface area contributed by atoms with E-state index in [0.29, 0.717) is 11.4 Å². The standard InChI is InChI=1S/C19H20F3NO5/c1-11-8-14(12(2)23(11)10-19(20,21)22)15(24)9-28-18(25)13-6-5-7-16(26-3)17(13)27-4/h5-8H,9-10H2,1-4H3. The monoisotopic (exact) mass is 399 g/mol. The lowest BCUT2D eigenvalue weighted by atomic mass is 10.1. The highest BCUT2D eigenvalue weighted by molar-refractivity contribution is 6.01. The van der Waals surface area contributed by atoms with E-state index in [1.165, 1.54) is 40.2 Å². The lowest BCUT2D eigenvalue weighted by molar-refractivity contribution is -0.141. The number of alkyl halides is 3. The Morgan fingerprint density at radius 1 is 1.07 bits per heavy atom. The first-order valence-corrected chi connectivity index (χ1v) is 8.23. The Labute approximate surface area is 159 Å². The number of hydrogen-bond acceptors (Lipinski definition) is 5. The maximum Gasteiger partial charge on any atom is 0.406 e. The average Bonchev–Trinajstić information content (AvgIpc) is 2.91. The summed E-state index contributed by atoms with van der Waals surface area (Å²) in [6, 6.07) is 5.95. The summed E-state index contributed by atoms with van der Waals surface area (Å²) in [5, 5.41) is 0. The number of para-hydroxylation sites is 1. The first-order valence-electron chi connectivity index (χ1n) is 8.23. The molecule has 0 spiro atoms. The van der Waals surface area contributed by atoms with Gasteiger partial charge in [0.05, 0.1) is 14.2 Å². The Kier molecular flexibility index (Phi) is 6.37. The second-order valence-electron chi connectivity index (χ2n) is 6.03. The van der Waals surface area contributed by atoms with Crippen molar-refractivity contribution >= 4 is 11.8 Å². The van der Waals surface area contributed by atoms with Crippen molar-refractivity contribution in [2.75, 3.05) is 20.8 Å². The van der Waals surface area contributed by atoms with Gasteiger partial charge in [0, 0.05) is 17.0 Å². The Hall–Kier alpha value is -2.97. The zero-order chi connectivity index (χ0) is 21.1. The summed E-state index contributed by atoms with van der Waals surface area (Å²) in [6.07, 6.45) is -4.41. The minimum Gasteiger partial charge on any atom is -0.493 e. The molecule has 0 atom stereocenters. The van der Waals surface area contributed by atoms with Crippen molar-refractivity contribution < 1.29 is 37.0 Å². The predicted octanol–water partition coefficient (Wildman–Crippen LogP) is 3.72. The molecule has 1 aromatic carbocycles. The number of ketones is 1. The number of methoxy groups -OCH3 is 2. The molecule has 0 radical (unpaired) electrons. The first kappa shape index (κ1) is 21.3. The summed E-state index contributed by atoms with van der Waals surface area (Å²) >= 11 is 0. The van der Waals surface area contributed by atoms with Crippen LogP contribution in [0.3, 0.4) is 0 Å². The van der Waals surface area contributed by atoms with Crippen LogP contribution < -0.4 is 9.47 Å². The quantitative estimate of drug-likeness (QED) is 0.524. The van der Waals surface area contributed by atoms with Gasteiger partial charge in [0.1, 0.15) is 12.1 Å². The molecule has 1 aromatic heterocycles. The van der Waals surface area contributed by atoms with Crippen LogP contribution in [0, 0.1) is 13.8 Å². The fourth-order valence-electron chi connectivity index (χ4n) is 2.84. The number of aromatic nitrogens is 1. The van der Waals surface area contributed by atoms with E-state index in [0.717, 1.165) is 4.57 Å². The maximum absolute atomic E-state index is 12.7. The number of halogens is 3. The molecule has 6 nitrogen and oxygen atoms in total. The largest absolute Gasteiger partial charge is 0.493 e. The van der Waals surface area contributed by atoms with Crippen LogP contribution in [0.15, 0.2) is 24.3 Å². The van der Waals surface area contributed by atoms with E-state index in [-0.39, 0.29) is 22.6 Å². The summed E-state index contributed by atoms with van der Waals surface area (Å²) in [5.41, 5.74) is 0.596. The summed E-state index contributed by atoms with van der Waals surface area (Å²) < 4.78 is 54.3. The molecule has 0 aliphatic rings. The van der Waals surface area contributed by atoms with E-state index in [9.17, 15) is 22.8 Å². The lowest BCUT2D eigenvalue weighted by Gasteiger charge is -2.13. The normalized spacial score (nSPS) is 11.2. The third kappa shape index (κ3) is 4.65. The number of rotatable bonds is 7. The molecule has 0 aliphatic carbocycles. The highest BCUT2D eigenvalue weighted by atomic mass is 19.4. The minimum absolute atomic E-state index is 0.0668. The van der Waals surface area contributed by atoms with Gasteiger partial charge in [0.2, 0.25) is 5.78 Å². The Balaban J connectivity index is 2.15. The molecule has 2 rings (SSSR count). The second-order valence-corrected chi connectivity index (χ2v) is 6.03. The number of ether oxygens (including phenoxy) is 3. The molecule has 0 unspecified atom stereocenters. The number of aryl methyl sites for hydroxylation is 1. The molecule has 152 valence electrons. The molecule has 2 aromatic rings. The minimum atomic E-state index is -4.41. The number of carbonyl (C=O) groups is 2. The van der Waals surface area contributed by atoms with Crippen LogP contribution in [0.25, 0.3) is 0 Å². The van der Waals surface area contributed by atoms with Gasteiger partial charge in [-0.1, -0.05) is 6.07 Å². The zero-order valence-electron chi connectivity index (χ0n) is 15.8. The van der Waals surface area contributed by atoms with Crippen molar-refractivity contribution in [2.45, 2.75) is 26.6 Å². The van der Waals surface area contributed by atoms with E-state index in [1.807, 2.05) is 0 Å². The number of esters is 1. The van der Waals surface area contributed by atoms with E-state index in [4.69, 9.17) is 14.2 Å². The third-order valence-corrected chi connectivity index (χ3v) is 4.17. The smallest absolute Gasteiger partial charge is 0.406 e. The summed E-state index contributed by atoms with van der Waals surface area (Å²) in [7, 11) is 2.77. The molecule has 28 heavy (non-hydrogen) atoms. The molecule has 0 N–H and O–H groups in total. The van der Waals surface area contributed by atoms with Crippen molar-refractivity contribution in [3.8, 4) is 11.5 Å². The zero-order valence-corrected chi connectivity index (χ0v) is 15.8. The SMILES string of the molecule is COc1cccc(C(=O)OCC(=O)c2cc(C)n(CC(F)(F)F)c2C)c1OC. The predicted molar refractivity (Wildman–Crippen MR) is 94.1 cm³/mol. The highest BCUT2D eigenvalue weighted by Gasteiger charge is 2.30. The van der Waals surface area contributed by atoms with E-state index < -0.39 is 31.1 Å². The van der Waals surface area contributed by atoms with Crippen LogP contribution in [0.2, 0.25) is 0 Å². The summed E-state index contributed by atoms with van der Waals surface area (Å²) in [4.78, 5) is 24.7. The van der Waals surface area contributed by atoms with Crippen LogP contribution in [0.5, 0.6) is 11.5 Å². The van der Waals surface area contributed by atoms with Crippen LogP contribution in [0.4, 0.5) is 13.2 Å². The van der Waals surface area contributed by atoms with Crippen LogP contribution in [-0.2, 0) is 11.3 Å². The highest BCUT2D eigenvalue weighted by Crippen LogP contribution is 2.31. The molecule has 0 bridgehead atoms. The third-order valence-electron chi connectivity index (χ3n) is 4.17. The molecule has 0 saturated carbocycles. The van der Waals surface area contributed by atoms with Crippen molar-refractivity contribution in [1.82, 2.24) is 4.57 Å². The summed E-state index contributed by atoms with van der Waals surface area (Å²) in [6.45, 7) is 1.08. The van der Waals surface area contributed by atoms with Gasteiger partial charge < -0.3 is 18.8 Å². The van der Waals surface area contributed by atoms with Gasteiger partial charge in [-0.05, 0) is 32.0 Å². The van der Waals surface area contributed by atoms with Gasteiger partial charge >= 0.3 is 12.1 Å². The van der Waals surface area contributed by atoms with Gasteiger partial charge in [-0.15, -0.1) is 0 Å². The molecule has 9 heteroatoms. The Morgan fingerprint density at radius 2 is 1.75 bits per heavy atom. The van der Waals surface area contributed by atoms with Crippen molar-refractivity contribution in [3.05, 3.63) is 46.8 Å². The Morgan fingerprint density at radius 3 is 2.32 bits per heavy atom. The second kappa shape index (κ2) is 8.37. The van der Waals surface area contributed by atoms with Gasteiger partial charge in [0.25, 0.3) is 0 Å². The van der Waals surface area contributed by atoms with Gasteiger partial charge in [-0.25, -0.2) is 4.79 Å². The molecule has 0 amide bonds. The molecule has 0 aliphatic heterocycles. The van der Waals surface area contributed by atoms with E-state index >= 15 is 0 Å². The van der Waals surface area contributed by atoms with Crippen molar-refractivity contribution in [1.29, 1.82) is 0 Å². The van der Waals surface area contributed by atoms with Gasteiger partial charge in [-0.3, -0.25) is 4.79 Å². The maximum atomic E-state index is 12.7. The number of carbonyl (C=O) groups excluding carboxylic acids is 2. The first-order chi connectivity index (χ1) is 13.1. The molecule has 0 saturated heterocycles. The van der Waals surface area contributed by atoms with Crippen LogP contribution in [-0.4, -0.2) is 43.3 Å². The number of hydrogen-bond donors (Lipinski definition) is 0. The van der Waals surface area contributed by atoms with Crippen molar-refractivity contribution in [3.63, 3.8) is 0 Å². The van der Waals surface area contributed by atoms with Crippen molar-refractivity contribution in [2.24, 2.45) is 0 Å². The topological polar surface area (TPSA) is 66.8 Å². The van der Waals surface area contributed by atoms with Gasteiger partial charge in [0.15, 0.2) is 18.1 Å². The number of benzene rings is 1. The Bertz CT molecular complexity index is 886. The van der Waals surface area contributed by atoms with Gasteiger partial charge in [-0.2, -0.15) is 13.2 Å². The lowest BCUT2D eigenvalue weighted by Crippen LogP contribution is -2.20. The fourth-order valence-corrected chi connectivity index (χ4v) is 2.84. The molecular weight excluding hydrogens is 379 g/mol. The number of nitrogens with zero attached hydrogens (tertiary/aromatic N) is 1. The molecule has 1 heterocycles. The van der Waals surface area contributed by atoms with Crippen LogP contribution >= 0.6 is 0 Å².